The number of rotatable bonds is 0. The van der Waals surface area contributed by atoms with E-state index in [4.69, 9.17) is 3.20 Å². The number of fused-ring (bicyclic) bond motifs is 1. The summed E-state index contributed by atoms with van der Waals surface area (Å²) < 4.78 is 6.57. The molecule has 0 aliphatic carbocycles. The van der Waals surface area contributed by atoms with E-state index in [1.54, 1.807) is 0 Å². The number of halogens is 1. The van der Waals surface area contributed by atoms with Crippen molar-refractivity contribution in [3.63, 3.8) is 0 Å². The van der Waals surface area contributed by atoms with Crippen LogP contribution >= 0.6 is 12.8 Å². The molecule has 0 atom stereocenters. The van der Waals surface area contributed by atoms with Gasteiger partial charge in [-0.05, 0) is 0 Å². The van der Waals surface area contributed by atoms with Gasteiger partial charge in [-0.15, -0.1) is 0 Å². The topological polar surface area (TPSA) is 23.3 Å². The van der Waals surface area contributed by atoms with Gasteiger partial charge in [-0.3, -0.25) is 0 Å². The van der Waals surface area contributed by atoms with Gasteiger partial charge in [0.2, 0.25) is 0 Å². The molecule has 64 valence electrons. The fourth-order valence-electron chi connectivity index (χ4n) is 1.27. The molecule has 1 aliphatic rings. The summed E-state index contributed by atoms with van der Waals surface area (Å²) in [6.45, 7) is 4.17. The fourth-order valence-corrected chi connectivity index (χ4v) is 5.75. The molecule has 1 aromatic rings. The number of hydrogen-bond acceptors (Lipinski definition) is 1. The molecule has 1 aliphatic heterocycles. The van der Waals surface area contributed by atoms with E-state index in [1.165, 1.54) is 14.7 Å². The first-order chi connectivity index (χ1) is 5.68. The summed E-state index contributed by atoms with van der Waals surface area (Å²) in [6, 6.07) is 4.31. The van der Waals surface area contributed by atoms with Crippen LogP contribution in [0.1, 0.15) is 11.1 Å². The van der Waals surface area contributed by atoms with Crippen molar-refractivity contribution in [3.8, 4) is 0 Å². The Bertz CT molecular complexity index is 329. The van der Waals surface area contributed by atoms with Crippen LogP contribution in [0.2, 0.25) is 0 Å². The number of nitrogens with zero attached hydrogens (tertiary/aromatic N) is 1. The van der Waals surface area contributed by atoms with Crippen molar-refractivity contribution < 1.29 is 3.20 Å². The zero-order valence-corrected chi connectivity index (χ0v) is 10.7. The zero-order chi connectivity index (χ0) is 8.72. The van der Waals surface area contributed by atoms with Gasteiger partial charge in [0.05, 0.1) is 0 Å². The Kier molecular flexibility index (Phi) is 2.35. The number of benzene rings is 1. The summed E-state index contributed by atoms with van der Waals surface area (Å²) in [5, 5.41) is 0. The molecule has 1 aromatic carbocycles. The third kappa shape index (κ3) is 1.38. The van der Waals surface area contributed by atoms with Crippen LogP contribution in [0.25, 0.3) is 5.48 Å². The third-order valence-electron chi connectivity index (χ3n) is 1.78. The van der Waals surface area contributed by atoms with E-state index >= 15 is 0 Å². The van der Waals surface area contributed by atoms with Crippen LogP contribution in [-0.4, -0.2) is 17.8 Å². The van der Waals surface area contributed by atoms with Crippen molar-refractivity contribution in [1.29, 1.82) is 0 Å². The van der Waals surface area contributed by atoms with Crippen LogP contribution in [0.3, 0.4) is 0 Å². The molecule has 0 aromatic heterocycles. The third-order valence-corrected chi connectivity index (χ3v) is 7.37. The maximum atomic E-state index is 5.27. The van der Waals surface area contributed by atoms with Crippen molar-refractivity contribution in [3.05, 3.63) is 28.7 Å². The monoisotopic (exact) mass is 343 g/mol. The average molecular weight is 342 g/mol. The van der Waals surface area contributed by atoms with Gasteiger partial charge in [0.15, 0.2) is 0 Å². The molecule has 0 saturated carbocycles. The van der Waals surface area contributed by atoms with E-state index in [2.05, 4.69) is 44.2 Å². The van der Waals surface area contributed by atoms with Crippen molar-refractivity contribution in [1.82, 2.24) is 0 Å². The molecule has 0 N–H and O–H groups in total. The Morgan fingerprint density at radius 3 is 2.92 bits per heavy atom. The Morgan fingerprint density at radius 1 is 1.42 bits per heavy atom. The second-order valence-electron chi connectivity index (χ2n) is 2.82. The van der Waals surface area contributed by atoms with Gasteiger partial charge in [0.25, 0.3) is 0 Å². The number of hydrogen-bond donors (Lipinski definition) is 0. The summed E-state index contributed by atoms with van der Waals surface area (Å²) >= 11 is 1.91. The second kappa shape index (κ2) is 3.19. The van der Waals surface area contributed by atoms with Gasteiger partial charge in [-0.25, -0.2) is 0 Å². The molecular weight excluding hydrogens is 334 g/mol. The van der Waals surface area contributed by atoms with Crippen LogP contribution in [0.5, 0.6) is 0 Å². The molecule has 4 heteroatoms. The molecule has 0 unspecified atom stereocenters. The average Bonchev–Trinajstić information content (AvgIpc) is 2.33. The predicted molar refractivity (Wildman–Crippen MR) is 54.3 cm³/mol. The Labute approximate surface area is 85.2 Å². The molecule has 0 bridgehead atoms. The Balaban J connectivity index is 2.60. The van der Waals surface area contributed by atoms with Crippen LogP contribution in [0.4, 0.5) is 5.69 Å². The molecule has 0 saturated heterocycles. The molecule has 2 nitrogen and oxygen atoms in total. The van der Waals surface area contributed by atoms with Crippen LogP contribution in [-0.2, 0) is 3.20 Å². The van der Waals surface area contributed by atoms with E-state index in [9.17, 15) is 0 Å². The molecule has 0 spiro atoms. The molecular formula is C8H8BrNOTe. The minimum absolute atomic E-state index is 1.05. The van der Waals surface area contributed by atoms with Crippen molar-refractivity contribution >= 4 is 39.8 Å². The summed E-state index contributed by atoms with van der Waals surface area (Å²) in [5.41, 5.74) is 7.60. The summed E-state index contributed by atoms with van der Waals surface area (Å²) in [7, 11) is 0. The maximum absolute atomic E-state index is 5.27. The first-order valence-corrected chi connectivity index (χ1v) is 10.9. The normalized spacial score (nSPS) is 15.9. The molecule has 0 amide bonds. The standard InChI is InChI=1S/C8H8BrNOTe/c1-5-3-6(2)8-7(4-5)12(9)11-10-8/h3-4H,1-2H3. The van der Waals surface area contributed by atoms with Crippen LogP contribution in [0, 0.1) is 13.8 Å². The molecule has 1 heterocycles. The van der Waals surface area contributed by atoms with Crippen molar-refractivity contribution in [2.24, 2.45) is 0 Å². The quantitative estimate of drug-likeness (QED) is 0.664. The second-order valence-corrected chi connectivity index (χ2v) is 9.72. The zero-order valence-electron chi connectivity index (χ0n) is 6.80. The van der Waals surface area contributed by atoms with Crippen molar-refractivity contribution in [2.45, 2.75) is 13.8 Å². The first kappa shape index (κ1) is 8.83. The molecule has 2 rings (SSSR count). The minimum atomic E-state index is -1.65. The molecule has 0 fully saturated rings. The molecule has 12 heavy (non-hydrogen) atoms. The van der Waals surface area contributed by atoms with E-state index in [0.717, 1.165) is 5.69 Å². The van der Waals surface area contributed by atoms with Gasteiger partial charge in [0, 0.05) is 0 Å². The Morgan fingerprint density at radius 2 is 2.17 bits per heavy atom. The Hall–Kier alpha value is 0.250. The van der Waals surface area contributed by atoms with Crippen LogP contribution < -0.4 is 3.61 Å². The molecule has 0 radical (unpaired) electrons. The van der Waals surface area contributed by atoms with Crippen LogP contribution in [0.15, 0.2) is 12.1 Å². The van der Waals surface area contributed by atoms with E-state index in [0.29, 0.717) is 0 Å². The van der Waals surface area contributed by atoms with E-state index in [-0.39, 0.29) is 0 Å². The van der Waals surface area contributed by atoms with E-state index in [1.807, 2.05) is 0 Å². The van der Waals surface area contributed by atoms with Crippen molar-refractivity contribution in [2.75, 3.05) is 0 Å². The predicted octanol–water partition coefficient (Wildman–Crippen LogP) is 2.34. The summed E-state index contributed by atoms with van der Waals surface area (Å²) in [5.74, 6) is 0. The van der Waals surface area contributed by atoms with Gasteiger partial charge < -0.3 is 0 Å². The summed E-state index contributed by atoms with van der Waals surface area (Å²) in [4.78, 5) is 0. The van der Waals surface area contributed by atoms with Gasteiger partial charge in [0.1, 0.15) is 0 Å². The summed E-state index contributed by atoms with van der Waals surface area (Å²) in [6.07, 6.45) is 0. The fraction of sp³-hybridized carbons (Fsp3) is 0.250. The van der Waals surface area contributed by atoms with Gasteiger partial charge >= 0.3 is 85.6 Å². The SMILES string of the molecule is Cc1cc(C)c2c(c1)[Te+](Br)O[N-]2. The first-order valence-electron chi connectivity index (χ1n) is 3.59. The van der Waals surface area contributed by atoms with E-state index < -0.39 is 17.8 Å². The number of aryl methyl sites for hydroxylation is 2. The van der Waals surface area contributed by atoms with Gasteiger partial charge in [-0.1, -0.05) is 0 Å². The van der Waals surface area contributed by atoms with Gasteiger partial charge in [-0.2, -0.15) is 0 Å².